The quantitative estimate of drug-likeness (QED) is 0.870. The average Bonchev–Trinajstić information content (AvgIpc) is 2.37. The molecule has 0 heterocycles. The summed E-state index contributed by atoms with van der Waals surface area (Å²) in [6.45, 7) is 6.54. The Hall–Kier alpha value is -1.11. The smallest absolute Gasteiger partial charge is 0.240 e. The maximum Gasteiger partial charge on any atom is 0.240 e. The minimum atomic E-state index is -3.62. The molecule has 1 aromatic carbocycles. The standard InChI is InChI=1S/C14H21NO4S/c1-4-19-13-9-12(14(13,2)3)15-20(17,18)11-7-5-6-10(16)8-11/h5-8,12-13,15-16H,4,9H2,1-3H3. The van der Waals surface area contributed by atoms with Crippen molar-refractivity contribution in [3.05, 3.63) is 24.3 Å². The Morgan fingerprint density at radius 2 is 2.15 bits per heavy atom. The van der Waals surface area contributed by atoms with Crippen LogP contribution in [0.25, 0.3) is 0 Å². The van der Waals surface area contributed by atoms with Gasteiger partial charge in [-0.05, 0) is 31.5 Å². The molecule has 2 rings (SSSR count). The number of benzene rings is 1. The molecule has 112 valence electrons. The van der Waals surface area contributed by atoms with Crippen molar-refractivity contribution in [3.63, 3.8) is 0 Å². The van der Waals surface area contributed by atoms with Crippen molar-refractivity contribution in [2.24, 2.45) is 5.41 Å². The molecule has 5 nitrogen and oxygen atoms in total. The fourth-order valence-corrected chi connectivity index (χ4v) is 3.92. The summed E-state index contributed by atoms with van der Waals surface area (Å²) in [6, 6.07) is 5.50. The Bertz CT molecular complexity index is 583. The van der Waals surface area contributed by atoms with E-state index >= 15 is 0 Å². The van der Waals surface area contributed by atoms with Gasteiger partial charge in [-0.1, -0.05) is 19.9 Å². The fourth-order valence-electron chi connectivity index (χ4n) is 2.48. The first-order chi connectivity index (χ1) is 9.27. The van der Waals surface area contributed by atoms with Gasteiger partial charge in [0.05, 0.1) is 11.0 Å². The van der Waals surface area contributed by atoms with E-state index in [1.165, 1.54) is 24.3 Å². The fraction of sp³-hybridized carbons (Fsp3) is 0.571. The first kappa shape index (κ1) is 15.3. The third kappa shape index (κ3) is 2.82. The summed E-state index contributed by atoms with van der Waals surface area (Å²) < 4.78 is 32.8. The van der Waals surface area contributed by atoms with E-state index in [4.69, 9.17) is 4.74 Å². The van der Waals surface area contributed by atoms with Gasteiger partial charge in [0, 0.05) is 18.1 Å². The first-order valence-corrected chi connectivity index (χ1v) is 8.18. The molecule has 1 aliphatic rings. The lowest BCUT2D eigenvalue weighted by Crippen LogP contribution is -2.61. The SMILES string of the molecule is CCOC1CC(NS(=O)(=O)c2cccc(O)c2)C1(C)C. The topological polar surface area (TPSA) is 75.6 Å². The van der Waals surface area contributed by atoms with Crippen molar-refractivity contribution < 1.29 is 18.3 Å². The van der Waals surface area contributed by atoms with E-state index in [0.717, 1.165) is 0 Å². The monoisotopic (exact) mass is 299 g/mol. The van der Waals surface area contributed by atoms with E-state index in [1.54, 1.807) is 0 Å². The lowest BCUT2D eigenvalue weighted by Gasteiger charge is -2.51. The van der Waals surface area contributed by atoms with Crippen LogP contribution in [0.15, 0.2) is 29.2 Å². The van der Waals surface area contributed by atoms with Crippen molar-refractivity contribution in [1.82, 2.24) is 4.72 Å². The van der Waals surface area contributed by atoms with Gasteiger partial charge in [-0.15, -0.1) is 0 Å². The average molecular weight is 299 g/mol. The van der Waals surface area contributed by atoms with Gasteiger partial charge >= 0.3 is 0 Å². The molecule has 1 aromatic rings. The van der Waals surface area contributed by atoms with Gasteiger partial charge in [0.1, 0.15) is 5.75 Å². The van der Waals surface area contributed by atoms with Gasteiger partial charge in [0.2, 0.25) is 10.0 Å². The number of phenolic OH excluding ortho intramolecular Hbond substituents is 1. The van der Waals surface area contributed by atoms with Gasteiger partial charge in [-0.3, -0.25) is 0 Å². The zero-order valence-electron chi connectivity index (χ0n) is 12.0. The van der Waals surface area contributed by atoms with Crippen LogP contribution < -0.4 is 4.72 Å². The second kappa shape index (κ2) is 5.35. The molecule has 0 spiro atoms. The summed E-state index contributed by atoms with van der Waals surface area (Å²) in [5, 5.41) is 9.38. The lowest BCUT2D eigenvalue weighted by molar-refractivity contribution is -0.108. The summed E-state index contributed by atoms with van der Waals surface area (Å²) in [4.78, 5) is 0.0770. The van der Waals surface area contributed by atoms with Crippen LogP contribution in [0.2, 0.25) is 0 Å². The van der Waals surface area contributed by atoms with Crippen LogP contribution in [-0.4, -0.2) is 32.3 Å². The molecule has 6 heteroatoms. The Balaban J connectivity index is 2.11. The Morgan fingerprint density at radius 3 is 2.70 bits per heavy atom. The number of rotatable bonds is 5. The molecule has 0 aliphatic heterocycles. The van der Waals surface area contributed by atoms with Crippen LogP contribution in [0, 0.1) is 5.41 Å². The minimum absolute atomic E-state index is 0.0621. The van der Waals surface area contributed by atoms with Crippen LogP contribution in [0.5, 0.6) is 5.75 Å². The highest BCUT2D eigenvalue weighted by Crippen LogP contribution is 2.43. The summed E-state index contributed by atoms with van der Waals surface area (Å²) in [7, 11) is -3.62. The molecule has 1 saturated carbocycles. The molecule has 2 unspecified atom stereocenters. The number of aromatic hydroxyl groups is 1. The largest absolute Gasteiger partial charge is 0.508 e. The van der Waals surface area contributed by atoms with Crippen LogP contribution in [0.1, 0.15) is 27.2 Å². The van der Waals surface area contributed by atoms with Gasteiger partial charge in [0.25, 0.3) is 0 Å². The van der Waals surface area contributed by atoms with Crippen LogP contribution >= 0.6 is 0 Å². The molecule has 1 fully saturated rings. The Labute approximate surface area is 120 Å². The third-order valence-corrected chi connectivity index (χ3v) is 5.44. The van der Waals surface area contributed by atoms with Gasteiger partial charge in [-0.2, -0.15) is 0 Å². The lowest BCUT2D eigenvalue weighted by atomic mass is 9.65. The van der Waals surface area contributed by atoms with E-state index in [9.17, 15) is 13.5 Å². The molecule has 20 heavy (non-hydrogen) atoms. The van der Waals surface area contributed by atoms with Crippen molar-refractivity contribution in [3.8, 4) is 5.75 Å². The number of phenols is 1. The molecule has 0 amide bonds. The molecule has 2 atom stereocenters. The van der Waals surface area contributed by atoms with E-state index in [2.05, 4.69) is 4.72 Å². The molecule has 1 aliphatic carbocycles. The molecular formula is C14H21NO4S. The van der Waals surface area contributed by atoms with Gasteiger partial charge < -0.3 is 9.84 Å². The minimum Gasteiger partial charge on any atom is -0.508 e. The molecule has 0 bridgehead atoms. The Morgan fingerprint density at radius 1 is 1.45 bits per heavy atom. The van der Waals surface area contributed by atoms with E-state index in [0.29, 0.717) is 13.0 Å². The maximum atomic E-state index is 12.3. The zero-order valence-corrected chi connectivity index (χ0v) is 12.8. The summed E-state index contributed by atoms with van der Waals surface area (Å²) >= 11 is 0. The highest BCUT2D eigenvalue weighted by atomic mass is 32.2. The number of hydrogen-bond acceptors (Lipinski definition) is 4. The first-order valence-electron chi connectivity index (χ1n) is 6.70. The number of hydrogen-bond donors (Lipinski definition) is 2. The normalized spacial score (nSPS) is 25.1. The zero-order chi connectivity index (χ0) is 15.0. The highest BCUT2D eigenvalue weighted by Gasteiger charge is 2.50. The van der Waals surface area contributed by atoms with Crippen molar-refractivity contribution >= 4 is 10.0 Å². The Kier molecular flexibility index (Phi) is 4.09. The van der Waals surface area contributed by atoms with Crippen LogP contribution in [0.3, 0.4) is 0 Å². The maximum absolute atomic E-state index is 12.3. The molecule has 0 saturated heterocycles. The molecule has 0 aromatic heterocycles. The van der Waals surface area contributed by atoms with E-state index in [1.807, 2.05) is 20.8 Å². The second-order valence-electron chi connectivity index (χ2n) is 5.67. The number of ether oxygens (including phenoxy) is 1. The third-order valence-electron chi connectivity index (χ3n) is 3.97. The predicted molar refractivity (Wildman–Crippen MR) is 76.0 cm³/mol. The highest BCUT2D eigenvalue weighted by molar-refractivity contribution is 7.89. The summed E-state index contributed by atoms with van der Waals surface area (Å²) in [5.41, 5.74) is -0.236. The second-order valence-corrected chi connectivity index (χ2v) is 7.39. The number of nitrogens with one attached hydrogen (secondary N) is 1. The van der Waals surface area contributed by atoms with Crippen molar-refractivity contribution in [2.45, 2.75) is 44.2 Å². The summed E-state index contributed by atoms with van der Waals surface area (Å²) in [6.07, 6.45) is 0.739. The van der Waals surface area contributed by atoms with Crippen LogP contribution in [0.4, 0.5) is 0 Å². The molecule has 0 radical (unpaired) electrons. The van der Waals surface area contributed by atoms with E-state index in [-0.39, 0.29) is 28.2 Å². The molecular weight excluding hydrogens is 278 g/mol. The summed E-state index contributed by atoms with van der Waals surface area (Å²) in [5.74, 6) is -0.0621. The predicted octanol–water partition coefficient (Wildman–Crippen LogP) is 1.87. The van der Waals surface area contributed by atoms with Crippen LogP contribution in [-0.2, 0) is 14.8 Å². The van der Waals surface area contributed by atoms with E-state index < -0.39 is 10.0 Å². The number of sulfonamides is 1. The molecule has 2 N–H and O–H groups in total. The van der Waals surface area contributed by atoms with Gasteiger partial charge in [-0.25, -0.2) is 13.1 Å². The van der Waals surface area contributed by atoms with Crippen molar-refractivity contribution in [2.75, 3.05) is 6.61 Å². The van der Waals surface area contributed by atoms with Crippen molar-refractivity contribution in [1.29, 1.82) is 0 Å². The van der Waals surface area contributed by atoms with Gasteiger partial charge in [0.15, 0.2) is 0 Å².